The van der Waals surface area contributed by atoms with Crippen molar-refractivity contribution in [3.63, 3.8) is 0 Å². The van der Waals surface area contributed by atoms with E-state index in [2.05, 4.69) is 11.4 Å². The molecule has 4 rings (SSSR count). The monoisotopic (exact) mass is 578 g/mol. The highest BCUT2D eigenvalue weighted by molar-refractivity contribution is 5.90. The summed E-state index contributed by atoms with van der Waals surface area (Å²) in [4.78, 5) is 41.0. The molecule has 1 unspecified atom stereocenters. The Balaban J connectivity index is 1.68. The molecule has 4 N–H and O–H groups in total. The largest absolute Gasteiger partial charge is 0.505 e. The van der Waals surface area contributed by atoms with E-state index in [1.807, 2.05) is 0 Å². The molecule has 0 spiro atoms. The quantitative estimate of drug-likeness (QED) is 0.130. The number of aromatic hydroxyl groups is 1. The second kappa shape index (κ2) is 12.9. The molecule has 2 aromatic rings. The molecule has 14 nitrogen and oxygen atoms in total. The number of amides is 1. The Morgan fingerprint density at radius 2 is 2.05 bits per heavy atom. The van der Waals surface area contributed by atoms with Gasteiger partial charge in [0.2, 0.25) is 6.29 Å². The van der Waals surface area contributed by atoms with Crippen LogP contribution >= 0.6 is 0 Å². The first-order chi connectivity index (χ1) is 19.6. The van der Waals surface area contributed by atoms with E-state index in [-0.39, 0.29) is 23.3 Å². The molecule has 2 fully saturated rings. The number of carbonyl (C=O) groups excluding carboxylic acids is 1. The third-order valence-electron chi connectivity index (χ3n) is 6.74. The molecule has 3 heterocycles. The number of fused-ring (bicyclic) bond motifs is 1. The number of benzene rings is 1. The Hall–Kier alpha value is -3.58. The lowest BCUT2D eigenvalue weighted by molar-refractivity contribution is -0.449. The predicted molar refractivity (Wildman–Crippen MR) is 141 cm³/mol. The number of rotatable bonds is 9. The van der Waals surface area contributed by atoms with Crippen LogP contribution in [0.15, 0.2) is 21.3 Å². The summed E-state index contributed by atoms with van der Waals surface area (Å²) < 4.78 is 34.7. The van der Waals surface area contributed by atoms with Crippen LogP contribution in [-0.4, -0.2) is 68.0 Å². The summed E-state index contributed by atoms with van der Waals surface area (Å²) in [5, 5.41) is 10.6. The van der Waals surface area contributed by atoms with Crippen molar-refractivity contribution in [1.82, 2.24) is 5.48 Å². The summed E-state index contributed by atoms with van der Waals surface area (Å²) in [6.07, 6.45) is 1.37. The fraction of sp³-hybridized carbons (Fsp3) is 0.556. The van der Waals surface area contributed by atoms with E-state index in [4.69, 9.17) is 54.9 Å². The van der Waals surface area contributed by atoms with Gasteiger partial charge in [0, 0.05) is 25.7 Å². The molecule has 0 saturated carbocycles. The van der Waals surface area contributed by atoms with E-state index >= 15 is 0 Å². The molecule has 0 radical (unpaired) electrons. The van der Waals surface area contributed by atoms with Crippen LogP contribution in [0.3, 0.4) is 0 Å². The highest BCUT2D eigenvalue weighted by atomic mass is 17.2. The first kappa shape index (κ1) is 30.4. The molecule has 41 heavy (non-hydrogen) atoms. The topological polar surface area (TPSA) is 179 Å². The fourth-order valence-electron chi connectivity index (χ4n) is 4.73. The van der Waals surface area contributed by atoms with Gasteiger partial charge >= 0.3 is 11.7 Å². The smallest absolute Gasteiger partial charge is 0.431 e. The van der Waals surface area contributed by atoms with Crippen LogP contribution in [0, 0.1) is 19.3 Å². The molecule has 0 aliphatic carbocycles. The predicted octanol–water partition coefficient (Wildman–Crippen LogP) is 2.42. The third-order valence-corrected chi connectivity index (χ3v) is 6.74. The number of aryl methyl sites for hydroxylation is 1. The van der Waals surface area contributed by atoms with Gasteiger partial charge in [0.05, 0.1) is 11.0 Å². The van der Waals surface area contributed by atoms with E-state index < -0.39 is 59.6 Å². The lowest BCUT2D eigenvalue weighted by Gasteiger charge is -2.48. The maximum atomic E-state index is 12.6. The van der Waals surface area contributed by atoms with E-state index in [0.29, 0.717) is 18.6 Å². The van der Waals surface area contributed by atoms with Crippen molar-refractivity contribution in [3.8, 4) is 23.8 Å². The van der Waals surface area contributed by atoms with Gasteiger partial charge in [-0.15, -0.1) is 6.42 Å². The maximum Gasteiger partial charge on any atom is 0.431 e. The number of hydrogen-bond acceptors (Lipinski definition) is 13. The van der Waals surface area contributed by atoms with Gasteiger partial charge in [-0.3, -0.25) is 4.84 Å². The van der Waals surface area contributed by atoms with Gasteiger partial charge in [-0.05, 0) is 45.7 Å². The number of hydrogen-bond donors (Lipinski definition) is 3. The van der Waals surface area contributed by atoms with Gasteiger partial charge in [0.1, 0.15) is 24.0 Å². The zero-order valence-electron chi connectivity index (χ0n) is 23.2. The number of hydroxylamine groups is 1. The Bertz CT molecular complexity index is 1330. The maximum absolute atomic E-state index is 12.6. The summed E-state index contributed by atoms with van der Waals surface area (Å²) >= 11 is 0. The van der Waals surface area contributed by atoms with Crippen LogP contribution in [0.25, 0.3) is 11.0 Å². The number of nitrogens with two attached hydrogens (primary N) is 1. The third kappa shape index (κ3) is 6.67. The average Bonchev–Trinajstić information content (AvgIpc) is 2.93. The van der Waals surface area contributed by atoms with Crippen molar-refractivity contribution in [2.45, 2.75) is 76.5 Å². The molecule has 14 heteroatoms. The van der Waals surface area contributed by atoms with Crippen molar-refractivity contribution < 1.29 is 52.6 Å². The van der Waals surface area contributed by atoms with Crippen LogP contribution in [0.5, 0.6) is 11.5 Å². The highest BCUT2D eigenvalue weighted by Crippen LogP contribution is 2.39. The van der Waals surface area contributed by atoms with E-state index in [0.717, 1.165) is 12.8 Å². The molecule has 1 amide bonds. The minimum atomic E-state index is -1.25. The molecular formula is C27H34N2O12. The second-order valence-electron chi connectivity index (χ2n) is 10.00. The molecule has 224 valence electrons. The van der Waals surface area contributed by atoms with Gasteiger partial charge in [-0.1, -0.05) is 5.92 Å². The van der Waals surface area contributed by atoms with Crippen LogP contribution in [0.4, 0.5) is 10.5 Å². The normalized spacial score (nSPS) is 25.8. The highest BCUT2D eigenvalue weighted by Gasteiger charge is 2.55. The van der Waals surface area contributed by atoms with Crippen LogP contribution in [0.1, 0.15) is 38.7 Å². The summed E-state index contributed by atoms with van der Waals surface area (Å²) in [5.74, 6) is 2.03. The second-order valence-corrected chi connectivity index (χ2v) is 10.00. The molecule has 5 atom stereocenters. The molecular weight excluding hydrogens is 544 g/mol. The number of anilines is 1. The van der Waals surface area contributed by atoms with Crippen LogP contribution in [-0.2, 0) is 33.6 Å². The van der Waals surface area contributed by atoms with Crippen LogP contribution in [0.2, 0.25) is 0 Å². The number of nitrogens with one attached hydrogen (secondary N) is 1. The summed E-state index contributed by atoms with van der Waals surface area (Å²) in [6, 6.07) is 3.01. The molecule has 2 aliphatic rings. The van der Waals surface area contributed by atoms with E-state index in [1.165, 1.54) is 19.2 Å². The number of methoxy groups -OCH3 is 1. The number of ether oxygens (including phenoxy) is 5. The first-order valence-corrected chi connectivity index (χ1v) is 12.9. The molecule has 1 aromatic carbocycles. The van der Waals surface area contributed by atoms with Gasteiger partial charge < -0.3 is 38.9 Å². The van der Waals surface area contributed by atoms with Crippen LogP contribution < -0.4 is 21.6 Å². The molecule has 0 bridgehead atoms. The lowest BCUT2D eigenvalue weighted by atomic mass is 9.89. The minimum absolute atomic E-state index is 0.0613. The van der Waals surface area contributed by atoms with Gasteiger partial charge in [-0.25, -0.2) is 19.4 Å². The SMILES string of the molecule is C#CCONC(=O)O[C@H]1[C@@H](OOC2CCCCO2)[C@H](Oc2ccc3c(O)c(N)c(=O)oc3c2C)OC(C)(C)[C@@H]1OC. The molecule has 1 aromatic heterocycles. The summed E-state index contributed by atoms with van der Waals surface area (Å²) in [7, 11) is 1.43. The minimum Gasteiger partial charge on any atom is -0.505 e. The Morgan fingerprint density at radius 3 is 2.73 bits per heavy atom. The van der Waals surface area contributed by atoms with E-state index in [9.17, 15) is 14.7 Å². The average molecular weight is 579 g/mol. The Morgan fingerprint density at radius 1 is 1.27 bits per heavy atom. The first-order valence-electron chi connectivity index (χ1n) is 12.9. The van der Waals surface area contributed by atoms with Gasteiger partial charge in [0.15, 0.2) is 29.9 Å². The van der Waals surface area contributed by atoms with Gasteiger partial charge in [0.25, 0.3) is 0 Å². The molecule has 2 saturated heterocycles. The standard InChI is InChI=1S/C27H34N2O12/c1-6-12-35-29-26(32)38-21-22(41-40-17-9-7-8-13-34-17)25(39-27(3,4)23(21)33-5)36-16-11-10-15-19(30)18(28)24(31)37-20(15)14(16)2/h1,10-11,17,21-23,25,30H,7-9,12-13,28H2,2-5H3,(H,29,32)/t17?,21-,22+,23+,25+/m0/s1. The van der Waals surface area contributed by atoms with E-state index in [1.54, 1.807) is 20.8 Å². The number of nitrogen functional groups attached to an aromatic ring is 1. The lowest BCUT2D eigenvalue weighted by Crippen LogP contribution is -2.66. The Labute approximate surface area is 235 Å². The van der Waals surface area contributed by atoms with Crippen molar-refractivity contribution in [2.24, 2.45) is 0 Å². The fourth-order valence-corrected chi connectivity index (χ4v) is 4.73. The Kier molecular flexibility index (Phi) is 9.59. The summed E-state index contributed by atoms with van der Waals surface area (Å²) in [5.41, 5.74) is 5.75. The molecule has 2 aliphatic heterocycles. The summed E-state index contributed by atoms with van der Waals surface area (Å²) in [6.45, 7) is 5.36. The van der Waals surface area contributed by atoms with Crippen molar-refractivity contribution >= 4 is 22.7 Å². The van der Waals surface area contributed by atoms with Gasteiger partial charge in [-0.2, -0.15) is 5.48 Å². The van der Waals surface area contributed by atoms with Crippen molar-refractivity contribution in [1.29, 1.82) is 0 Å². The van der Waals surface area contributed by atoms with Crippen molar-refractivity contribution in [3.05, 3.63) is 28.1 Å². The number of terminal acetylenes is 1. The number of carbonyl (C=O) groups is 1. The zero-order valence-corrected chi connectivity index (χ0v) is 23.2. The van der Waals surface area contributed by atoms with Crippen molar-refractivity contribution in [2.75, 3.05) is 26.1 Å². The zero-order chi connectivity index (χ0) is 29.7.